The summed E-state index contributed by atoms with van der Waals surface area (Å²) in [6.07, 6.45) is 1.78. The minimum Gasteiger partial charge on any atom is -0.398 e. The quantitative estimate of drug-likeness (QED) is 0.690. The highest BCUT2D eigenvalue weighted by Gasteiger charge is 2.07. The van der Waals surface area contributed by atoms with E-state index in [-0.39, 0.29) is 5.82 Å². The Labute approximate surface area is 116 Å². The molecule has 4 heteroatoms. The third-order valence-corrected chi connectivity index (χ3v) is 3.24. The van der Waals surface area contributed by atoms with Gasteiger partial charge >= 0.3 is 0 Å². The summed E-state index contributed by atoms with van der Waals surface area (Å²) in [6, 6.07) is 11.9. The van der Waals surface area contributed by atoms with Crippen molar-refractivity contribution >= 4 is 28.0 Å². The monoisotopic (exact) mass is 267 g/mol. The van der Waals surface area contributed by atoms with Crippen molar-refractivity contribution < 1.29 is 4.39 Å². The zero-order valence-corrected chi connectivity index (χ0v) is 11.0. The van der Waals surface area contributed by atoms with Crippen molar-refractivity contribution in [2.24, 2.45) is 0 Å². The van der Waals surface area contributed by atoms with Gasteiger partial charge in [-0.2, -0.15) is 0 Å². The average molecular weight is 267 g/mol. The van der Waals surface area contributed by atoms with Gasteiger partial charge in [0.1, 0.15) is 11.6 Å². The van der Waals surface area contributed by atoms with Crippen molar-refractivity contribution in [1.29, 1.82) is 0 Å². The second-order valence-electron chi connectivity index (χ2n) is 4.69. The van der Waals surface area contributed by atoms with Gasteiger partial charge in [0.25, 0.3) is 0 Å². The van der Waals surface area contributed by atoms with Gasteiger partial charge in [-0.05, 0) is 42.8 Å². The maximum absolute atomic E-state index is 12.9. The van der Waals surface area contributed by atoms with E-state index in [1.165, 1.54) is 12.1 Å². The van der Waals surface area contributed by atoms with E-state index in [0.29, 0.717) is 5.82 Å². The first-order valence-electron chi connectivity index (χ1n) is 6.31. The molecule has 3 N–H and O–H groups in total. The van der Waals surface area contributed by atoms with Crippen LogP contribution in [0.3, 0.4) is 0 Å². The summed E-state index contributed by atoms with van der Waals surface area (Å²) in [5.41, 5.74) is 8.57. The number of hydrogen-bond donors (Lipinski definition) is 2. The minimum atomic E-state index is -0.262. The van der Waals surface area contributed by atoms with E-state index in [9.17, 15) is 4.39 Å². The molecule has 0 fully saturated rings. The molecule has 0 amide bonds. The number of rotatable bonds is 2. The van der Waals surface area contributed by atoms with Gasteiger partial charge in [0.2, 0.25) is 0 Å². The molecular formula is C16H14FN3. The predicted molar refractivity (Wildman–Crippen MR) is 80.6 cm³/mol. The summed E-state index contributed by atoms with van der Waals surface area (Å²) in [5.74, 6) is 0.450. The molecule has 3 aromatic rings. The van der Waals surface area contributed by atoms with Crippen molar-refractivity contribution in [3.63, 3.8) is 0 Å². The number of hydrogen-bond acceptors (Lipinski definition) is 3. The number of halogens is 1. The van der Waals surface area contributed by atoms with Gasteiger partial charge in [-0.3, -0.25) is 0 Å². The maximum atomic E-state index is 12.9. The van der Waals surface area contributed by atoms with E-state index in [1.807, 2.05) is 25.1 Å². The lowest BCUT2D eigenvalue weighted by Crippen LogP contribution is -1.98. The van der Waals surface area contributed by atoms with Crippen LogP contribution in [0.25, 0.3) is 10.8 Å². The molecule has 100 valence electrons. The molecule has 1 aromatic heterocycles. The highest BCUT2D eigenvalue weighted by molar-refractivity contribution is 6.02. The first-order chi connectivity index (χ1) is 9.65. The van der Waals surface area contributed by atoms with E-state index in [1.54, 1.807) is 18.3 Å². The zero-order valence-electron chi connectivity index (χ0n) is 11.0. The molecule has 1 heterocycles. The number of nitrogens with one attached hydrogen (secondary N) is 1. The molecule has 0 aliphatic carbocycles. The molecule has 0 aliphatic heterocycles. The second kappa shape index (κ2) is 4.81. The fraction of sp³-hybridized carbons (Fsp3) is 0.0625. The molecule has 0 aliphatic rings. The highest BCUT2D eigenvalue weighted by atomic mass is 19.1. The van der Waals surface area contributed by atoms with Gasteiger partial charge in [0.05, 0.1) is 0 Å². The summed E-state index contributed by atoms with van der Waals surface area (Å²) in [4.78, 5) is 4.40. The lowest BCUT2D eigenvalue weighted by atomic mass is 10.1. The Morgan fingerprint density at radius 2 is 1.85 bits per heavy atom. The predicted octanol–water partition coefficient (Wildman–Crippen LogP) is 4.01. The summed E-state index contributed by atoms with van der Waals surface area (Å²) in [7, 11) is 0. The molecule has 0 saturated heterocycles. The topological polar surface area (TPSA) is 50.9 Å². The van der Waals surface area contributed by atoms with Crippen molar-refractivity contribution in [2.45, 2.75) is 6.92 Å². The lowest BCUT2D eigenvalue weighted by Gasteiger charge is -2.12. The van der Waals surface area contributed by atoms with Gasteiger partial charge in [-0.25, -0.2) is 9.37 Å². The molecule has 3 rings (SSSR count). The lowest BCUT2D eigenvalue weighted by molar-refractivity contribution is 0.628. The molecule has 0 unspecified atom stereocenters. The summed E-state index contributed by atoms with van der Waals surface area (Å²) in [5, 5.41) is 5.14. The summed E-state index contributed by atoms with van der Waals surface area (Å²) < 4.78 is 12.9. The Morgan fingerprint density at radius 1 is 1.10 bits per heavy atom. The van der Waals surface area contributed by atoms with Crippen LogP contribution >= 0.6 is 0 Å². The van der Waals surface area contributed by atoms with Gasteiger partial charge in [-0.15, -0.1) is 0 Å². The Morgan fingerprint density at radius 3 is 2.60 bits per heavy atom. The van der Waals surface area contributed by atoms with Crippen molar-refractivity contribution in [2.75, 3.05) is 11.1 Å². The third-order valence-electron chi connectivity index (χ3n) is 3.24. The molecule has 3 nitrogen and oxygen atoms in total. The van der Waals surface area contributed by atoms with Crippen LogP contribution in [0.1, 0.15) is 5.56 Å². The van der Waals surface area contributed by atoms with Crippen molar-refractivity contribution in [3.05, 3.63) is 60.0 Å². The van der Waals surface area contributed by atoms with Crippen LogP contribution in [0, 0.1) is 12.7 Å². The largest absolute Gasteiger partial charge is 0.398 e. The van der Waals surface area contributed by atoms with E-state index < -0.39 is 0 Å². The van der Waals surface area contributed by atoms with Gasteiger partial charge in [0, 0.05) is 28.3 Å². The molecule has 20 heavy (non-hydrogen) atoms. The van der Waals surface area contributed by atoms with Gasteiger partial charge < -0.3 is 11.1 Å². The van der Waals surface area contributed by atoms with Crippen LogP contribution < -0.4 is 11.1 Å². The fourth-order valence-electron chi connectivity index (χ4n) is 2.27. The number of fused-ring (bicyclic) bond motifs is 1. The van der Waals surface area contributed by atoms with E-state index in [4.69, 9.17) is 5.73 Å². The van der Waals surface area contributed by atoms with Crippen molar-refractivity contribution in [1.82, 2.24) is 4.98 Å². The molecule has 0 radical (unpaired) electrons. The number of aromatic nitrogens is 1. The van der Waals surface area contributed by atoms with Crippen LogP contribution in [0.4, 0.5) is 21.6 Å². The number of pyridine rings is 1. The zero-order chi connectivity index (χ0) is 14.1. The molecular weight excluding hydrogens is 253 g/mol. The Bertz CT molecular complexity index is 758. The van der Waals surface area contributed by atoms with Crippen molar-refractivity contribution in [3.8, 4) is 0 Å². The average Bonchev–Trinajstić information content (AvgIpc) is 2.44. The summed E-state index contributed by atoms with van der Waals surface area (Å²) in [6.45, 7) is 1.98. The number of nitrogens with zero attached hydrogens (tertiary/aromatic N) is 1. The van der Waals surface area contributed by atoms with Gasteiger partial charge in [0.15, 0.2) is 0 Å². The Kier molecular flexibility index (Phi) is 2.99. The first kappa shape index (κ1) is 12.4. The van der Waals surface area contributed by atoms with Crippen LogP contribution in [0.15, 0.2) is 48.7 Å². The number of nitrogens with two attached hydrogens (primary N) is 1. The van der Waals surface area contributed by atoms with E-state index in [0.717, 1.165) is 27.7 Å². The number of anilines is 3. The van der Waals surface area contributed by atoms with E-state index in [2.05, 4.69) is 10.3 Å². The smallest absolute Gasteiger partial charge is 0.138 e. The van der Waals surface area contributed by atoms with Gasteiger partial charge in [-0.1, -0.05) is 12.1 Å². The number of benzene rings is 2. The van der Waals surface area contributed by atoms with Crippen LogP contribution in [-0.2, 0) is 0 Å². The molecule has 0 spiro atoms. The van der Waals surface area contributed by atoms with E-state index >= 15 is 0 Å². The highest BCUT2D eigenvalue weighted by Crippen LogP contribution is 2.30. The third kappa shape index (κ3) is 2.16. The molecule has 0 bridgehead atoms. The van der Waals surface area contributed by atoms with Crippen LogP contribution in [-0.4, -0.2) is 4.98 Å². The first-order valence-corrected chi connectivity index (χ1v) is 6.31. The Hall–Kier alpha value is -2.62. The van der Waals surface area contributed by atoms with Crippen LogP contribution in [0.5, 0.6) is 0 Å². The SMILES string of the molecule is Cc1cnc(Nc2ccc(F)cc2)c2cccc(N)c12. The normalized spacial score (nSPS) is 10.7. The number of aryl methyl sites for hydroxylation is 1. The molecule has 0 atom stereocenters. The fourth-order valence-corrected chi connectivity index (χ4v) is 2.27. The summed E-state index contributed by atoms with van der Waals surface area (Å²) >= 11 is 0. The minimum absolute atomic E-state index is 0.262. The number of nitrogen functional groups attached to an aromatic ring is 1. The molecule has 2 aromatic carbocycles. The van der Waals surface area contributed by atoms with Crippen LogP contribution in [0.2, 0.25) is 0 Å². The standard InChI is InChI=1S/C16H14FN3/c1-10-9-19-16(13-3-2-4-14(18)15(10)13)20-12-7-5-11(17)6-8-12/h2-9H,18H2,1H3,(H,19,20). The molecule has 0 saturated carbocycles. The second-order valence-corrected chi connectivity index (χ2v) is 4.69. The maximum Gasteiger partial charge on any atom is 0.138 e. The Balaban J connectivity index is 2.10.